The highest BCUT2D eigenvalue weighted by atomic mass is 32.3. The van der Waals surface area contributed by atoms with Crippen LogP contribution in [-0.2, 0) is 4.79 Å². The molecule has 0 amide bonds. The highest BCUT2D eigenvalue weighted by Gasteiger charge is 2.22. The first-order valence-corrected chi connectivity index (χ1v) is 15.2. The van der Waals surface area contributed by atoms with Gasteiger partial charge in [-0.25, -0.2) is 4.79 Å². The Morgan fingerprint density at radius 2 is 1.42 bits per heavy atom. The number of nitrogens with zero attached hydrogens (tertiary/aromatic N) is 1. The molecule has 1 aliphatic rings. The lowest BCUT2D eigenvalue weighted by atomic mass is 10.1. The number of carboxylic acids is 1. The highest BCUT2D eigenvalue weighted by Crippen LogP contribution is 2.57. The van der Waals surface area contributed by atoms with Gasteiger partial charge in [-0.2, -0.15) is 5.26 Å². The summed E-state index contributed by atoms with van der Waals surface area (Å²) < 4.78 is 4.18. The van der Waals surface area contributed by atoms with Gasteiger partial charge in [-0.05, 0) is 47.6 Å². The van der Waals surface area contributed by atoms with Crippen LogP contribution in [0.15, 0.2) is 42.6 Å². The molecular weight excluding hydrogens is 487 g/mol. The summed E-state index contributed by atoms with van der Waals surface area (Å²) in [7, 11) is 0. The second kappa shape index (κ2) is 16.4. The summed E-state index contributed by atoms with van der Waals surface area (Å²) in [4.78, 5) is 11.0. The predicted octanol–water partition coefficient (Wildman–Crippen LogP) is 9.21. The first-order chi connectivity index (χ1) is 16.1. The summed E-state index contributed by atoms with van der Waals surface area (Å²) in [5, 5.41) is 18.0. The zero-order valence-electron chi connectivity index (χ0n) is 19.5. The SMILES string of the molecule is CCCCCCSC1=C(SCCCCCC)SC(=Cc2ccc(/C=C(/C#N)C(=O)O)cc2)S1. The molecule has 1 aromatic rings. The minimum Gasteiger partial charge on any atom is -0.477 e. The molecular formula is C26H33NO2S4. The number of hydrogen-bond acceptors (Lipinski definition) is 6. The van der Waals surface area contributed by atoms with Crippen molar-refractivity contribution in [2.45, 2.75) is 65.2 Å². The van der Waals surface area contributed by atoms with Crippen molar-refractivity contribution < 1.29 is 9.90 Å². The van der Waals surface area contributed by atoms with Crippen molar-refractivity contribution in [2.75, 3.05) is 11.5 Å². The first kappa shape index (κ1) is 28.0. The van der Waals surface area contributed by atoms with Crippen LogP contribution in [0, 0.1) is 11.3 Å². The van der Waals surface area contributed by atoms with Crippen LogP contribution in [0.2, 0.25) is 0 Å². The zero-order chi connectivity index (χ0) is 23.9. The van der Waals surface area contributed by atoms with E-state index in [9.17, 15) is 4.79 Å². The molecule has 0 saturated heterocycles. The fourth-order valence-electron chi connectivity index (χ4n) is 3.04. The lowest BCUT2D eigenvalue weighted by Gasteiger charge is -2.05. The van der Waals surface area contributed by atoms with E-state index in [1.54, 1.807) is 6.07 Å². The smallest absolute Gasteiger partial charge is 0.346 e. The molecule has 0 fully saturated rings. The van der Waals surface area contributed by atoms with E-state index in [2.05, 4.69) is 19.9 Å². The fourth-order valence-corrected chi connectivity index (χ4v) is 8.97. The summed E-state index contributed by atoms with van der Waals surface area (Å²) in [6, 6.07) is 9.39. The standard InChI is InChI=1S/C26H33NO2S4/c1-3-5-7-9-15-30-25-26(31-16-10-8-6-4-2)33-23(32-25)18-21-13-11-20(12-14-21)17-22(19-27)24(28)29/h11-14,17-18H,3-10,15-16H2,1-2H3,(H,28,29)/b22-17-. The number of carboxylic acid groups (broad SMARTS) is 1. The second-order valence-electron chi connectivity index (χ2n) is 7.70. The van der Waals surface area contributed by atoms with E-state index in [-0.39, 0.29) is 5.57 Å². The van der Waals surface area contributed by atoms with Gasteiger partial charge < -0.3 is 5.11 Å². The Morgan fingerprint density at radius 3 is 1.88 bits per heavy atom. The molecule has 3 nitrogen and oxygen atoms in total. The maximum atomic E-state index is 11.0. The van der Waals surface area contributed by atoms with Gasteiger partial charge in [0.05, 0.1) is 12.7 Å². The van der Waals surface area contributed by atoms with E-state index >= 15 is 0 Å². The Hall–Kier alpha value is -1.20. The molecule has 0 spiro atoms. The molecule has 1 N–H and O–H groups in total. The number of hydrogen-bond donors (Lipinski definition) is 1. The Kier molecular flexibility index (Phi) is 14.0. The minimum atomic E-state index is -1.20. The summed E-state index contributed by atoms with van der Waals surface area (Å²) in [5.41, 5.74) is 1.54. The van der Waals surface area contributed by atoms with E-state index in [0.29, 0.717) is 5.56 Å². The Morgan fingerprint density at radius 1 is 0.909 bits per heavy atom. The van der Waals surface area contributed by atoms with E-state index in [4.69, 9.17) is 10.4 Å². The molecule has 2 rings (SSSR count). The Labute approximate surface area is 215 Å². The molecule has 1 aromatic carbocycles. The highest BCUT2D eigenvalue weighted by molar-refractivity contribution is 8.40. The number of benzene rings is 1. The number of thioether (sulfide) groups is 4. The average molecular weight is 520 g/mol. The maximum absolute atomic E-state index is 11.0. The summed E-state index contributed by atoms with van der Waals surface area (Å²) in [5.74, 6) is 1.16. The van der Waals surface area contributed by atoms with E-state index in [1.165, 1.54) is 81.7 Å². The van der Waals surface area contributed by atoms with Crippen molar-refractivity contribution in [3.63, 3.8) is 0 Å². The van der Waals surface area contributed by atoms with Gasteiger partial charge in [-0.15, -0.1) is 23.5 Å². The number of rotatable bonds is 15. The van der Waals surface area contributed by atoms with Crippen LogP contribution in [0.25, 0.3) is 12.2 Å². The van der Waals surface area contributed by atoms with Gasteiger partial charge in [0.15, 0.2) is 0 Å². The Balaban J connectivity index is 2.01. The van der Waals surface area contributed by atoms with Crippen LogP contribution < -0.4 is 0 Å². The van der Waals surface area contributed by atoms with Gasteiger partial charge in [0.1, 0.15) is 11.6 Å². The molecule has 0 atom stereocenters. The van der Waals surface area contributed by atoms with E-state index in [0.717, 1.165) is 5.56 Å². The van der Waals surface area contributed by atoms with Crippen molar-refractivity contribution in [3.05, 3.63) is 53.7 Å². The monoisotopic (exact) mass is 519 g/mol. The fraction of sp³-hybridized carbons (Fsp3) is 0.462. The topological polar surface area (TPSA) is 61.1 Å². The molecule has 33 heavy (non-hydrogen) atoms. The van der Waals surface area contributed by atoms with Gasteiger partial charge in [0, 0.05) is 0 Å². The number of aliphatic carboxylic acids is 1. The third-order valence-corrected chi connectivity index (χ3v) is 10.5. The van der Waals surface area contributed by atoms with Crippen LogP contribution in [0.3, 0.4) is 0 Å². The molecule has 7 heteroatoms. The largest absolute Gasteiger partial charge is 0.477 e. The lowest BCUT2D eigenvalue weighted by Crippen LogP contribution is -1.97. The van der Waals surface area contributed by atoms with Crippen LogP contribution >= 0.6 is 47.0 Å². The molecule has 0 bridgehead atoms. The average Bonchev–Trinajstić information content (AvgIpc) is 3.19. The lowest BCUT2D eigenvalue weighted by molar-refractivity contribution is -0.132. The molecule has 0 unspecified atom stereocenters. The maximum Gasteiger partial charge on any atom is 0.346 e. The van der Waals surface area contributed by atoms with E-state index in [1.807, 2.05) is 71.3 Å². The molecule has 178 valence electrons. The van der Waals surface area contributed by atoms with Gasteiger partial charge in [-0.1, -0.05) is 100 Å². The number of unbranched alkanes of at least 4 members (excludes halogenated alkanes) is 6. The van der Waals surface area contributed by atoms with Crippen molar-refractivity contribution in [1.82, 2.24) is 0 Å². The summed E-state index contributed by atoms with van der Waals surface area (Å²) in [6.07, 6.45) is 14.0. The van der Waals surface area contributed by atoms with Crippen molar-refractivity contribution in [2.24, 2.45) is 0 Å². The van der Waals surface area contributed by atoms with Gasteiger partial charge >= 0.3 is 5.97 Å². The van der Waals surface area contributed by atoms with Crippen molar-refractivity contribution in [3.8, 4) is 6.07 Å². The number of carbonyl (C=O) groups is 1. The zero-order valence-corrected chi connectivity index (χ0v) is 22.7. The predicted molar refractivity (Wildman–Crippen MR) is 151 cm³/mol. The molecule has 0 aromatic heterocycles. The molecule has 0 aliphatic carbocycles. The second-order valence-corrected chi connectivity index (χ2v) is 12.8. The van der Waals surface area contributed by atoms with Crippen LogP contribution in [0.4, 0.5) is 0 Å². The quantitative estimate of drug-likeness (QED) is 0.141. The first-order valence-electron chi connectivity index (χ1n) is 11.6. The van der Waals surface area contributed by atoms with Crippen molar-refractivity contribution in [1.29, 1.82) is 5.26 Å². The van der Waals surface area contributed by atoms with Gasteiger partial charge in [0.2, 0.25) is 0 Å². The molecule has 0 radical (unpaired) electrons. The normalized spacial score (nSPS) is 14.0. The summed E-state index contributed by atoms with van der Waals surface area (Å²) >= 11 is 7.77. The van der Waals surface area contributed by atoms with Crippen LogP contribution in [0.1, 0.15) is 76.3 Å². The third kappa shape index (κ3) is 10.7. The van der Waals surface area contributed by atoms with Crippen LogP contribution in [0.5, 0.6) is 0 Å². The minimum absolute atomic E-state index is 0.256. The number of nitriles is 1. The van der Waals surface area contributed by atoms with Gasteiger partial charge in [0.25, 0.3) is 0 Å². The van der Waals surface area contributed by atoms with E-state index < -0.39 is 5.97 Å². The Bertz CT molecular complexity index is 870. The van der Waals surface area contributed by atoms with Gasteiger partial charge in [-0.3, -0.25) is 0 Å². The van der Waals surface area contributed by atoms with Crippen LogP contribution in [-0.4, -0.2) is 22.6 Å². The summed E-state index contributed by atoms with van der Waals surface area (Å²) in [6.45, 7) is 4.50. The van der Waals surface area contributed by atoms with Crippen molar-refractivity contribution >= 4 is 65.2 Å². The molecule has 0 saturated carbocycles. The molecule has 1 heterocycles. The molecule has 1 aliphatic heterocycles. The third-order valence-electron chi connectivity index (χ3n) is 4.90.